The van der Waals surface area contributed by atoms with E-state index in [4.69, 9.17) is 9.84 Å². The Morgan fingerprint density at radius 2 is 2.00 bits per heavy atom. The van der Waals surface area contributed by atoms with Gasteiger partial charge in [0.05, 0.1) is 12.2 Å². The first-order chi connectivity index (χ1) is 9.42. The molecule has 1 aliphatic heterocycles. The number of aliphatic hydroxyl groups excluding tert-OH is 3. The molecule has 0 unspecified atom stereocenters. The molecule has 2 rings (SSSR count). The van der Waals surface area contributed by atoms with E-state index in [9.17, 15) is 24.2 Å². The van der Waals surface area contributed by atoms with Crippen LogP contribution in [0, 0.1) is 5.95 Å². The van der Waals surface area contributed by atoms with Crippen molar-refractivity contribution in [3.63, 3.8) is 0 Å². The van der Waals surface area contributed by atoms with Crippen LogP contribution in [-0.4, -0.2) is 49.8 Å². The number of aliphatic hydroxyl groups is 3. The summed E-state index contributed by atoms with van der Waals surface area (Å²) in [6, 6.07) is 0. The number of aromatic amines is 1. The third kappa shape index (κ3) is 2.18. The molecule has 0 saturated carbocycles. The van der Waals surface area contributed by atoms with Gasteiger partial charge in [-0.25, -0.2) is 9.36 Å². The highest BCUT2D eigenvalue weighted by Crippen LogP contribution is 2.28. The van der Waals surface area contributed by atoms with Gasteiger partial charge < -0.3 is 20.1 Å². The van der Waals surface area contributed by atoms with Crippen LogP contribution in [0.2, 0.25) is 0 Å². The summed E-state index contributed by atoms with van der Waals surface area (Å²) < 4.78 is 19.7. The lowest BCUT2D eigenvalue weighted by Crippen LogP contribution is -2.41. The van der Waals surface area contributed by atoms with Gasteiger partial charge in [0.1, 0.15) is 18.3 Å². The molecule has 20 heavy (non-hydrogen) atoms. The first-order valence-electron chi connectivity index (χ1n) is 6.08. The Hall–Kier alpha value is -1.55. The van der Waals surface area contributed by atoms with E-state index < -0.39 is 48.3 Å². The minimum absolute atomic E-state index is 0.0379. The van der Waals surface area contributed by atoms with Gasteiger partial charge in [-0.2, -0.15) is 4.39 Å². The average molecular weight is 290 g/mol. The standard InChI is InChI=1S/C11H15FN2O6/c1-2-4-8(12)14(11(19)13-9(4)18)10-7(17)6(16)5(3-15)20-10/h5-7,10,15-17H,2-3H2,1H3,(H,13,18,19)/t5-,6-,7+,10-/m1/s1. The second-order valence-electron chi connectivity index (χ2n) is 4.48. The van der Waals surface area contributed by atoms with E-state index >= 15 is 0 Å². The van der Waals surface area contributed by atoms with Crippen LogP contribution in [0.5, 0.6) is 0 Å². The Morgan fingerprint density at radius 3 is 2.50 bits per heavy atom. The van der Waals surface area contributed by atoms with Crippen molar-refractivity contribution in [2.45, 2.75) is 37.9 Å². The molecule has 0 aliphatic carbocycles. The molecule has 112 valence electrons. The maximum Gasteiger partial charge on any atom is 0.332 e. The highest BCUT2D eigenvalue weighted by atomic mass is 19.1. The van der Waals surface area contributed by atoms with Crippen molar-refractivity contribution in [3.05, 3.63) is 32.3 Å². The van der Waals surface area contributed by atoms with E-state index in [1.54, 1.807) is 0 Å². The molecule has 0 amide bonds. The van der Waals surface area contributed by atoms with Crippen molar-refractivity contribution in [2.75, 3.05) is 6.61 Å². The van der Waals surface area contributed by atoms with E-state index in [-0.39, 0.29) is 12.0 Å². The van der Waals surface area contributed by atoms with Crippen molar-refractivity contribution in [1.29, 1.82) is 0 Å². The lowest BCUT2D eigenvalue weighted by Gasteiger charge is -2.18. The molecule has 0 bridgehead atoms. The van der Waals surface area contributed by atoms with Crippen LogP contribution < -0.4 is 11.2 Å². The lowest BCUT2D eigenvalue weighted by atomic mass is 10.1. The molecule has 4 N–H and O–H groups in total. The summed E-state index contributed by atoms with van der Waals surface area (Å²) in [5, 5.41) is 28.4. The van der Waals surface area contributed by atoms with Gasteiger partial charge in [-0.1, -0.05) is 6.92 Å². The number of nitrogens with zero attached hydrogens (tertiary/aromatic N) is 1. The molecule has 1 aromatic heterocycles. The van der Waals surface area contributed by atoms with Crippen molar-refractivity contribution >= 4 is 0 Å². The number of rotatable bonds is 3. The van der Waals surface area contributed by atoms with E-state index in [1.807, 2.05) is 4.98 Å². The quantitative estimate of drug-likeness (QED) is 0.470. The zero-order valence-electron chi connectivity index (χ0n) is 10.6. The third-order valence-electron chi connectivity index (χ3n) is 3.30. The molecular formula is C11H15FN2O6. The Kier molecular flexibility index (Phi) is 4.04. The van der Waals surface area contributed by atoms with Crippen LogP contribution in [0.1, 0.15) is 18.7 Å². The number of hydrogen-bond donors (Lipinski definition) is 4. The van der Waals surface area contributed by atoms with Crippen molar-refractivity contribution < 1.29 is 24.4 Å². The second kappa shape index (κ2) is 5.44. The molecule has 0 radical (unpaired) electrons. The van der Waals surface area contributed by atoms with Gasteiger partial charge in [0, 0.05) is 0 Å². The minimum Gasteiger partial charge on any atom is -0.394 e. The number of aromatic nitrogens is 2. The summed E-state index contributed by atoms with van der Waals surface area (Å²) in [4.78, 5) is 25.0. The van der Waals surface area contributed by atoms with Gasteiger partial charge in [0.25, 0.3) is 5.56 Å². The number of hydrogen-bond acceptors (Lipinski definition) is 6. The summed E-state index contributed by atoms with van der Waals surface area (Å²) in [5.41, 5.74) is -2.21. The zero-order chi connectivity index (χ0) is 15.0. The molecule has 2 heterocycles. The van der Waals surface area contributed by atoms with Crippen LogP contribution in [0.25, 0.3) is 0 Å². The smallest absolute Gasteiger partial charge is 0.332 e. The van der Waals surface area contributed by atoms with Crippen LogP contribution in [0.4, 0.5) is 4.39 Å². The van der Waals surface area contributed by atoms with Crippen LogP contribution in [0.15, 0.2) is 9.59 Å². The summed E-state index contributed by atoms with van der Waals surface area (Å²) in [6.07, 6.45) is -5.69. The van der Waals surface area contributed by atoms with Crippen molar-refractivity contribution in [3.8, 4) is 0 Å². The largest absolute Gasteiger partial charge is 0.394 e. The minimum atomic E-state index is -1.60. The van der Waals surface area contributed by atoms with E-state index in [0.717, 1.165) is 0 Å². The maximum absolute atomic E-state index is 14.2. The topological polar surface area (TPSA) is 125 Å². The van der Waals surface area contributed by atoms with Gasteiger partial charge in [0.15, 0.2) is 6.23 Å². The fourth-order valence-corrected chi connectivity index (χ4v) is 2.19. The number of ether oxygens (including phenoxy) is 1. The molecule has 8 nitrogen and oxygen atoms in total. The fourth-order valence-electron chi connectivity index (χ4n) is 2.19. The SMILES string of the molecule is CCc1c(F)n([C@@H]2O[C@H](CO)[C@@H](O)[C@@H]2O)c(=O)[nH]c1=O. The number of nitrogens with one attached hydrogen (secondary N) is 1. The van der Waals surface area contributed by atoms with E-state index in [1.165, 1.54) is 6.92 Å². The maximum atomic E-state index is 14.2. The van der Waals surface area contributed by atoms with Gasteiger partial charge in [-0.3, -0.25) is 9.78 Å². The molecule has 1 aromatic rings. The summed E-state index contributed by atoms with van der Waals surface area (Å²) >= 11 is 0. The Balaban J connectivity index is 2.54. The van der Waals surface area contributed by atoms with Crippen LogP contribution >= 0.6 is 0 Å². The highest BCUT2D eigenvalue weighted by molar-refractivity contribution is 5.08. The van der Waals surface area contributed by atoms with E-state index in [0.29, 0.717) is 4.57 Å². The number of halogens is 1. The first kappa shape index (κ1) is 14.9. The normalized spacial score (nSPS) is 29.9. The van der Waals surface area contributed by atoms with Crippen LogP contribution in [-0.2, 0) is 11.2 Å². The summed E-state index contributed by atoms with van der Waals surface area (Å²) in [6.45, 7) is 0.925. The monoisotopic (exact) mass is 290 g/mol. The molecule has 1 saturated heterocycles. The lowest BCUT2D eigenvalue weighted by molar-refractivity contribution is -0.0602. The van der Waals surface area contributed by atoms with Gasteiger partial charge >= 0.3 is 5.69 Å². The Bertz CT molecular complexity index is 612. The van der Waals surface area contributed by atoms with Gasteiger partial charge in [-0.15, -0.1) is 0 Å². The zero-order valence-corrected chi connectivity index (χ0v) is 10.6. The second-order valence-corrected chi connectivity index (χ2v) is 4.48. The highest BCUT2D eigenvalue weighted by Gasteiger charge is 2.44. The number of H-pyrrole nitrogens is 1. The predicted molar refractivity (Wildman–Crippen MR) is 63.7 cm³/mol. The van der Waals surface area contributed by atoms with E-state index in [2.05, 4.69) is 0 Å². The fraction of sp³-hybridized carbons (Fsp3) is 0.636. The first-order valence-corrected chi connectivity index (χ1v) is 6.08. The molecule has 0 aromatic carbocycles. The Morgan fingerprint density at radius 1 is 1.35 bits per heavy atom. The summed E-state index contributed by atoms with van der Waals surface area (Å²) in [5.74, 6) is -1.13. The van der Waals surface area contributed by atoms with Crippen LogP contribution in [0.3, 0.4) is 0 Å². The van der Waals surface area contributed by atoms with Crippen molar-refractivity contribution in [1.82, 2.24) is 9.55 Å². The molecule has 0 spiro atoms. The molecular weight excluding hydrogens is 275 g/mol. The van der Waals surface area contributed by atoms with Gasteiger partial charge in [-0.05, 0) is 6.42 Å². The third-order valence-corrected chi connectivity index (χ3v) is 3.30. The average Bonchev–Trinajstić information content (AvgIpc) is 2.67. The van der Waals surface area contributed by atoms with Gasteiger partial charge in [0.2, 0.25) is 5.95 Å². The predicted octanol–water partition coefficient (Wildman–Crippen LogP) is -2.15. The molecule has 1 aliphatic rings. The van der Waals surface area contributed by atoms with Crippen molar-refractivity contribution in [2.24, 2.45) is 0 Å². The molecule has 1 fully saturated rings. The molecule has 9 heteroatoms. The summed E-state index contributed by atoms with van der Waals surface area (Å²) in [7, 11) is 0. The molecule has 4 atom stereocenters. The Labute approximate surface area is 112 Å².